The first-order valence-corrected chi connectivity index (χ1v) is 8.69. The second-order valence-electron chi connectivity index (χ2n) is 4.37. The molecular formula is C13H17BrN4S2. The van der Waals surface area contributed by atoms with Crippen molar-refractivity contribution in [2.75, 3.05) is 14.1 Å². The van der Waals surface area contributed by atoms with Crippen LogP contribution in [0.5, 0.6) is 0 Å². The molecule has 0 atom stereocenters. The maximum absolute atomic E-state index is 4.48. The van der Waals surface area contributed by atoms with E-state index in [1.54, 1.807) is 29.7 Å². The molecule has 2 rings (SSSR count). The molecule has 1 N–H and O–H groups in total. The Morgan fingerprint density at radius 1 is 1.45 bits per heavy atom. The van der Waals surface area contributed by atoms with Gasteiger partial charge in [0.25, 0.3) is 0 Å². The van der Waals surface area contributed by atoms with Gasteiger partial charge in [-0.25, -0.2) is 4.98 Å². The van der Waals surface area contributed by atoms with Crippen molar-refractivity contribution in [2.24, 2.45) is 4.99 Å². The molecule has 2 aromatic rings. The lowest BCUT2D eigenvalue weighted by molar-refractivity contribution is 0.470. The van der Waals surface area contributed by atoms with E-state index < -0.39 is 0 Å². The van der Waals surface area contributed by atoms with Crippen molar-refractivity contribution in [3.05, 3.63) is 36.9 Å². The Balaban J connectivity index is 1.90. The molecule has 0 radical (unpaired) electrons. The molecule has 0 aromatic carbocycles. The fraction of sp³-hybridized carbons (Fsp3) is 0.385. The van der Waals surface area contributed by atoms with Gasteiger partial charge >= 0.3 is 0 Å². The third-order valence-corrected chi connectivity index (χ3v) is 5.09. The second kappa shape index (κ2) is 7.19. The SMILES string of the molecule is CN=C(NCc1csc(Br)c1)N(C)Cc1csc(C)n1. The van der Waals surface area contributed by atoms with E-state index in [4.69, 9.17) is 0 Å². The van der Waals surface area contributed by atoms with Gasteiger partial charge in [0.15, 0.2) is 5.96 Å². The van der Waals surface area contributed by atoms with E-state index in [9.17, 15) is 0 Å². The summed E-state index contributed by atoms with van der Waals surface area (Å²) in [6.45, 7) is 3.56. The number of thiophene rings is 1. The van der Waals surface area contributed by atoms with Gasteiger partial charge in [0.05, 0.1) is 21.0 Å². The number of aromatic nitrogens is 1. The van der Waals surface area contributed by atoms with Gasteiger partial charge in [0, 0.05) is 26.0 Å². The summed E-state index contributed by atoms with van der Waals surface area (Å²) in [5, 5.41) is 8.69. The first-order chi connectivity index (χ1) is 9.58. The van der Waals surface area contributed by atoms with Gasteiger partial charge < -0.3 is 10.2 Å². The number of thiazole rings is 1. The van der Waals surface area contributed by atoms with Crippen molar-refractivity contribution in [1.82, 2.24) is 15.2 Å². The van der Waals surface area contributed by atoms with E-state index in [-0.39, 0.29) is 0 Å². The lowest BCUT2D eigenvalue weighted by Gasteiger charge is -2.21. The highest BCUT2D eigenvalue weighted by Crippen LogP contribution is 2.20. The molecule has 7 heteroatoms. The minimum absolute atomic E-state index is 0.761. The molecule has 20 heavy (non-hydrogen) atoms. The van der Waals surface area contributed by atoms with E-state index in [0.29, 0.717) is 0 Å². The van der Waals surface area contributed by atoms with Crippen LogP contribution < -0.4 is 5.32 Å². The number of rotatable bonds is 4. The van der Waals surface area contributed by atoms with E-state index in [1.807, 2.05) is 14.0 Å². The largest absolute Gasteiger partial charge is 0.352 e. The Hall–Kier alpha value is -0.920. The Kier molecular flexibility index (Phi) is 5.56. The standard InChI is InChI=1S/C13H17BrN4S2/c1-9-17-11(8-19-9)6-18(3)13(15-2)16-5-10-4-12(14)20-7-10/h4,7-8H,5-6H2,1-3H3,(H,15,16). The van der Waals surface area contributed by atoms with Gasteiger partial charge in [0.1, 0.15) is 0 Å². The molecule has 2 heterocycles. The van der Waals surface area contributed by atoms with Crippen molar-refractivity contribution in [3.8, 4) is 0 Å². The molecule has 0 amide bonds. The summed E-state index contributed by atoms with van der Waals surface area (Å²) in [5.41, 5.74) is 2.33. The molecule has 0 aliphatic heterocycles. The molecule has 0 unspecified atom stereocenters. The lowest BCUT2D eigenvalue weighted by Crippen LogP contribution is -2.38. The summed E-state index contributed by atoms with van der Waals surface area (Å²) in [6, 6.07) is 2.12. The number of halogens is 1. The summed E-state index contributed by atoms with van der Waals surface area (Å²) in [6.07, 6.45) is 0. The molecule has 0 saturated heterocycles. The number of nitrogens with zero attached hydrogens (tertiary/aromatic N) is 3. The lowest BCUT2D eigenvalue weighted by atomic mass is 10.3. The van der Waals surface area contributed by atoms with Crippen LogP contribution >= 0.6 is 38.6 Å². The molecule has 2 aromatic heterocycles. The molecule has 0 aliphatic carbocycles. The molecule has 0 spiro atoms. The number of hydrogen-bond donors (Lipinski definition) is 1. The summed E-state index contributed by atoms with van der Waals surface area (Å²) >= 11 is 6.84. The van der Waals surface area contributed by atoms with E-state index in [2.05, 4.69) is 52.9 Å². The van der Waals surface area contributed by atoms with Crippen LogP contribution in [0.15, 0.2) is 25.6 Å². The van der Waals surface area contributed by atoms with Crippen molar-refractivity contribution < 1.29 is 0 Å². The maximum atomic E-state index is 4.48. The minimum Gasteiger partial charge on any atom is -0.352 e. The van der Waals surface area contributed by atoms with Crippen molar-refractivity contribution in [3.63, 3.8) is 0 Å². The monoisotopic (exact) mass is 372 g/mol. The zero-order chi connectivity index (χ0) is 14.5. The van der Waals surface area contributed by atoms with Crippen molar-refractivity contribution in [1.29, 1.82) is 0 Å². The Labute approximate surface area is 135 Å². The van der Waals surface area contributed by atoms with Crippen LogP contribution in [0, 0.1) is 6.92 Å². The first-order valence-electron chi connectivity index (χ1n) is 6.14. The first kappa shape index (κ1) is 15.5. The summed E-state index contributed by atoms with van der Waals surface area (Å²) in [4.78, 5) is 10.9. The Bertz CT molecular complexity index is 591. The van der Waals surface area contributed by atoms with E-state index in [1.165, 1.54) is 5.56 Å². The molecule has 4 nitrogen and oxygen atoms in total. The quantitative estimate of drug-likeness (QED) is 0.659. The topological polar surface area (TPSA) is 40.5 Å². The van der Waals surface area contributed by atoms with Crippen LogP contribution in [-0.2, 0) is 13.1 Å². The summed E-state index contributed by atoms with van der Waals surface area (Å²) in [5.74, 6) is 0.873. The molecule has 0 aliphatic rings. The number of hydrogen-bond acceptors (Lipinski definition) is 4. The predicted molar refractivity (Wildman–Crippen MR) is 90.5 cm³/mol. The Morgan fingerprint density at radius 3 is 2.80 bits per heavy atom. The van der Waals surface area contributed by atoms with Crippen LogP contribution in [0.4, 0.5) is 0 Å². The van der Waals surface area contributed by atoms with Gasteiger partial charge in [-0.05, 0) is 39.9 Å². The average Bonchev–Trinajstić information content (AvgIpc) is 2.99. The van der Waals surface area contributed by atoms with Crippen molar-refractivity contribution in [2.45, 2.75) is 20.0 Å². The van der Waals surface area contributed by atoms with Crippen LogP contribution in [0.25, 0.3) is 0 Å². The van der Waals surface area contributed by atoms with Crippen LogP contribution in [-0.4, -0.2) is 29.9 Å². The zero-order valence-electron chi connectivity index (χ0n) is 11.7. The third-order valence-electron chi connectivity index (χ3n) is 2.71. The van der Waals surface area contributed by atoms with Crippen LogP contribution in [0.1, 0.15) is 16.3 Å². The van der Waals surface area contributed by atoms with Gasteiger partial charge in [-0.15, -0.1) is 22.7 Å². The highest BCUT2D eigenvalue weighted by atomic mass is 79.9. The molecule has 0 bridgehead atoms. The highest BCUT2D eigenvalue weighted by molar-refractivity contribution is 9.11. The smallest absolute Gasteiger partial charge is 0.194 e. The highest BCUT2D eigenvalue weighted by Gasteiger charge is 2.08. The van der Waals surface area contributed by atoms with Gasteiger partial charge in [-0.2, -0.15) is 0 Å². The fourth-order valence-electron chi connectivity index (χ4n) is 1.80. The molecular weight excluding hydrogens is 356 g/mol. The second-order valence-corrected chi connectivity index (χ2v) is 7.73. The van der Waals surface area contributed by atoms with Crippen LogP contribution in [0.2, 0.25) is 0 Å². The normalized spacial score (nSPS) is 11.7. The molecule has 0 fully saturated rings. The van der Waals surface area contributed by atoms with E-state index in [0.717, 1.165) is 33.5 Å². The van der Waals surface area contributed by atoms with E-state index >= 15 is 0 Å². The third kappa shape index (κ3) is 4.29. The Morgan fingerprint density at radius 2 is 2.25 bits per heavy atom. The maximum Gasteiger partial charge on any atom is 0.194 e. The van der Waals surface area contributed by atoms with Crippen molar-refractivity contribution >= 4 is 44.6 Å². The number of aryl methyl sites for hydroxylation is 1. The predicted octanol–water partition coefficient (Wildman–Crippen LogP) is 3.48. The van der Waals surface area contributed by atoms with Gasteiger partial charge in [0.2, 0.25) is 0 Å². The number of guanidine groups is 1. The number of aliphatic imine (C=N–C) groups is 1. The molecule has 108 valence electrons. The van der Waals surface area contributed by atoms with Crippen LogP contribution in [0.3, 0.4) is 0 Å². The minimum atomic E-state index is 0.761. The molecule has 0 saturated carbocycles. The summed E-state index contributed by atoms with van der Waals surface area (Å²) in [7, 11) is 3.82. The summed E-state index contributed by atoms with van der Waals surface area (Å²) < 4.78 is 1.15. The van der Waals surface area contributed by atoms with Gasteiger partial charge in [-0.3, -0.25) is 4.99 Å². The number of nitrogens with one attached hydrogen (secondary N) is 1. The van der Waals surface area contributed by atoms with Gasteiger partial charge in [-0.1, -0.05) is 0 Å². The zero-order valence-corrected chi connectivity index (χ0v) is 14.9. The average molecular weight is 373 g/mol. The fourth-order valence-corrected chi connectivity index (χ4v) is 3.62.